The molecule has 1 N–H and O–H groups in total. The Bertz CT molecular complexity index is 1540. The van der Waals surface area contributed by atoms with Crippen LogP contribution in [-0.2, 0) is 44.6 Å². The molecular formula is C36H43ClNO9+. The van der Waals surface area contributed by atoms with Crippen molar-refractivity contribution in [2.24, 2.45) is 29.6 Å². The van der Waals surface area contributed by atoms with Crippen LogP contribution in [0.25, 0.3) is 0 Å². The van der Waals surface area contributed by atoms with E-state index in [0.717, 1.165) is 5.57 Å². The molecule has 0 aromatic carbocycles. The molecule has 2 aliphatic heterocycles. The number of allylic oxidation sites excluding steroid dienone is 3. The van der Waals surface area contributed by atoms with Crippen LogP contribution in [0.3, 0.4) is 0 Å². The lowest BCUT2D eigenvalue weighted by atomic mass is 9.57. The average molecular weight is 669 g/mol. The van der Waals surface area contributed by atoms with Crippen molar-refractivity contribution in [1.82, 2.24) is 0 Å². The lowest BCUT2D eigenvalue weighted by Crippen LogP contribution is -2.57. The number of halogens is 1. The van der Waals surface area contributed by atoms with Gasteiger partial charge in [0.15, 0.2) is 18.5 Å². The van der Waals surface area contributed by atoms with E-state index in [0.29, 0.717) is 17.0 Å². The highest BCUT2D eigenvalue weighted by Crippen LogP contribution is 2.61. The fourth-order valence-corrected chi connectivity index (χ4v) is 8.53. The number of ether oxygens (including phenoxy) is 5. The monoisotopic (exact) mass is 668 g/mol. The Morgan fingerprint density at radius 3 is 2.74 bits per heavy atom. The van der Waals surface area contributed by atoms with Crippen LogP contribution in [-0.4, -0.2) is 72.3 Å². The highest BCUT2D eigenvalue weighted by Gasteiger charge is 2.69. The molecule has 12 atom stereocenters. The molecule has 1 saturated carbocycles. The lowest BCUT2D eigenvalue weighted by molar-refractivity contribution is -0.686. The number of hydrogen-bond donors (Lipinski definition) is 1. The van der Waals surface area contributed by atoms with E-state index in [4.69, 9.17) is 35.3 Å². The van der Waals surface area contributed by atoms with E-state index >= 15 is 0 Å². The molecule has 6 rings (SSSR count). The molecule has 252 valence electrons. The number of aliphatic hydroxyl groups is 1. The number of nitrogens with zero attached hydrogens (tertiary/aromatic N) is 1. The lowest BCUT2D eigenvalue weighted by Gasteiger charge is -2.49. The first kappa shape index (κ1) is 33.6. The van der Waals surface area contributed by atoms with Crippen LogP contribution in [0.4, 0.5) is 0 Å². The van der Waals surface area contributed by atoms with Gasteiger partial charge in [-0.25, -0.2) is 14.4 Å². The zero-order chi connectivity index (χ0) is 33.6. The van der Waals surface area contributed by atoms with E-state index in [9.17, 15) is 19.5 Å². The molecule has 0 radical (unpaired) electrons. The molecule has 5 aliphatic rings. The van der Waals surface area contributed by atoms with Gasteiger partial charge in [0.2, 0.25) is 6.54 Å². The van der Waals surface area contributed by atoms with Crippen molar-refractivity contribution >= 4 is 29.5 Å². The number of cyclic esters (lactones) is 1. The van der Waals surface area contributed by atoms with Crippen molar-refractivity contribution in [2.45, 2.75) is 89.3 Å². The van der Waals surface area contributed by atoms with Gasteiger partial charge in [-0.1, -0.05) is 61.9 Å². The van der Waals surface area contributed by atoms with Crippen molar-refractivity contribution in [3.8, 4) is 0 Å². The molecule has 1 saturated heterocycles. The van der Waals surface area contributed by atoms with Gasteiger partial charge >= 0.3 is 17.9 Å². The van der Waals surface area contributed by atoms with Gasteiger partial charge < -0.3 is 28.8 Å². The second kappa shape index (κ2) is 13.3. The molecule has 11 heteroatoms. The fourth-order valence-electron chi connectivity index (χ4n) is 8.33. The van der Waals surface area contributed by atoms with Gasteiger partial charge in [0, 0.05) is 48.3 Å². The standard InChI is InChI=1S/C36H43ClNO9/c1-19-15-20(2)36-24(12-13-26-29(36)30(40)21(3)32(33(26)47-36)46-34(41)23-9-6-7-10-23)16-27(43-5)35(42)45-31(19)22(4)44-28(39)18-38-14-8-11-25(37)17-38/h6-9,11-15,17,19,21-22,24,26-27,29-33,40H,10,16,18H2,1-5H3/q+1/b20-15+/t19-,21-,22-,24?,26-,27+,29+,30-,31+,32-,33-,36+/m1/s1. The maximum Gasteiger partial charge on any atom is 0.373 e. The summed E-state index contributed by atoms with van der Waals surface area (Å²) in [5.74, 6) is -3.19. The number of methoxy groups -OCH3 is 1. The third-order valence-electron chi connectivity index (χ3n) is 10.6. The molecule has 0 amide bonds. The van der Waals surface area contributed by atoms with Crippen molar-refractivity contribution < 1.29 is 47.7 Å². The van der Waals surface area contributed by atoms with Gasteiger partial charge in [-0.2, -0.15) is 4.57 Å². The number of carbonyl (C=O) groups excluding carboxylic acids is 3. The van der Waals surface area contributed by atoms with Gasteiger partial charge in [-0.3, -0.25) is 0 Å². The molecule has 3 aliphatic carbocycles. The van der Waals surface area contributed by atoms with Crippen LogP contribution in [0.15, 0.2) is 72.1 Å². The minimum atomic E-state index is -0.997. The number of aromatic nitrogens is 1. The first-order valence-corrected chi connectivity index (χ1v) is 16.7. The molecule has 1 aromatic heterocycles. The second-order valence-electron chi connectivity index (χ2n) is 13.5. The van der Waals surface area contributed by atoms with E-state index in [2.05, 4.69) is 0 Å². The Balaban J connectivity index is 1.31. The third-order valence-corrected chi connectivity index (χ3v) is 10.8. The predicted molar refractivity (Wildman–Crippen MR) is 170 cm³/mol. The van der Waals surface area contributed by atoms with E-state index < -0.39 is 66.1 Å². The first-order valence-electron chi connectivity index (χ1n) is 16.3. The van der Waals surface area contributed by atoms with Crippen molar-refractivity contribution in [3.05, 3.63) is 77.2 Å². The summed E-state index contributed by atoms with van der Waals surface area (Å²) in [4.78, 5) is 39.7. The van der Waals surface area contributed by atoms with E-state index in [1.807, 2.05) is 51.2 Å². The zero-order valence-corrected chi connectivity index (χ0v) is 28.0. The highest BCUT2D eigenvalue weighted by molar-refractivity contribution is 6.30. The summed E-state index contributed by atoms with van der Waals surface area (Å²) in [7, 11) is 1.46. The largest absolute Gasteiger partial charge is 0.456 e. The molecule has 1 unspecified atom stereocenters. The highest BCUT2D eigenvalue weighted by atomic mass is 35.5. The molecular weight excluding hydrogens is 626 g/mol. The summed E-state index contributed by atoms with van der Waals surface area (Å²) >= 11 is 6.07. The minimum Gasteiger partial charge on any atom is -0.456 e. The second-order valence-corrected chi connectivity index (χ2v) is 13.9. The van der Waals surface area contributed by atoms with Gasteiger partial charge in [0.25, 0.3) is 0 Å². The average Bonchev–Trinajstić information content (AvgIpc) is 3.63. The quantitative estimate of drug-likeness (QED) is 0.200. The number of hydrogen-bond acceptors (Lipinski definition) is 9. The Kier molecular flexibility index (Phi) is 9.50. The van der Waals surface area contributed by atoms with Crippen LogP contribution in [0.5, 0.6) is 0 Å². The topological polar surface area (TPSA) is 121 Å². The first-order chi connectivity index (χ1) is 22.4. The SMILES string of the molecule is CO[C@H]1CC2C=C[C@H]3[C@H]4O[C@]2(/C(C)=C/[C@@H](C)[C@@H]([C@@H](C)OC(=O)C[n+]2cccc(Cl)c2)OC1=O)[C@@H]3[C@H](O)[C@@H](C)[C@H]4OC(=O)C1=CC=CC1. The molecule has 1 aromatic rings. The number of pyridine rings is 1. The third kappa shape index (κ3) is 6.09. The van der Waals surface area contributed by atoms with Crippen molar-refractivity contribution in [3.63, 3.8) is 0 Å². The molecule has 10 nitrogen and oxygen atoms in total. The van der Waals surface area contributed by atoms with Crippen LogP contribution in [0.1, 0.15) is 40.5 Å². The normalized spacial score (nSPS) is 39.2. The smallest absolute Gasteiger partial charge is 0.373 e. The van der Waals surface area contributed by atoms with Crippen molar-refractivity contribution in [2.75, 3.05) is 7.11 Å². The number of rotatable bonds is 7. The predicted octanol–water partition coefficient (Wildman–Crippen LogP) is 3.84. The molecule has 3 heterocycles. The molecule has 4 bridgehead atoms. The summed E-state index contributed by atoms with van der Waals surface area (Å²) in [6.07, 6.45) is 11.0. The number of esters is 3. The Hall–Kier alpha value is -3.31. The Morgan fingerprint density at radius 2 is 2.04 bits per heavy atom. The van der Waals surface area contributed by atoms with Crippen LogP contribution in [0, 0.1) is 29.6 Å². The maximum absolute atomic E-state index is 13.6. The van der Waals surface area contributed by atoms with Crippen LogP contribution >= 0.6 is 11.6 Å². The number of carbonyl (C=O) groups is 3. The Morgan fingerprint density at radius 1 is 1.26 bits per heavy atom. The fraction of sp³-hybridized carbons (Fsp3) is 0.556. The van der Waals surface area contributed by atoms with Gasteiger partial charge in [0.1, 0.15) is 35.0 Å². The minimum absolute atomic E-state index is 0.0689. The van der Waals surface area contributed by atoms with E-state index in [1.54, 1.807) is 42.1 Å². The van der Waals surface area contributed by atoms with Crippen LogP contribution < -0.4 is 4.57 Å². The molecule has 2 fully saturated rings. The summed E-state index contributed by atoms with van der Waals surface area (Å²) in [6, 6.07) is 3.44. The summed E-state index contributed by atoms with van der Waals surface area (Å²) in [6.45, 7) is 7.40. The summed E-state index contributed by atoms with van der Waals surface area (Å²) in [5, 5.41) is 12.4. The van der Waals surface area contributed by atoms with Crippen LogP contribution in [0.2, 0.25) is 5.02 Å². The van der Waals surface area contributed by atoms with Gasteiger partial charge in [0.05, 0.1) is 6.10 Å². The summed E-state index contributed by atoms with van der Waals surface area (Å²) in [5.41, 5.74) is 0.436. The van der Waals surface area contributed by atoms with Gasteiger partial charge in [-0.15, -0.1) is 0 Å². The molecule has 47 heavy (non-hydrogen) atoms. The molecule has 1 spiro atoms. The Labute approximate surface area is 280 Å². The summed E-state index contributed by atoms with van der Waals surface area (Å²) < 4.78 is 32.3. The number of aliphatic hydroxyl groups excluding tert-OH is 1. The van der Waals surface area contributed by atoms with E-state index in [1.165, 1.54) is 7.11 Å². The zero-order valence-electron chi connectivity index (χ0n) is 27.3. The van der Waals surface area contributed by atoms with Gasteiger partial charge in [-0.05, 0) is 38.3 Å². The van der Waals surface area contributed by atoms with Crippen molar-refractivity contribution in [1.29, 1.82) is 0 Å². The van der Waals surface area contributed by atoms with E-state index in [-0.39, 0.29) is 36.6 Å². The maximum atomic E-state index is 13.6.